The van der Waals surface area contributed by atoms with Crippen LogP contribution in [-0.4, -0.2) is 87.0 Å². The molecule has 0 spiro atoms. The Morgan fingerprint density at radius 2 is 1.62 bits per heavy atom. The largest absolute Gasteiger partial charge is 0.458 e. The smallest absolute Gasteiger partial charge is 0.414 e. The van der Waals surface area contributed by atoms with E-state index in [9.17, 15) is 22.8 Å². The van der Waals surface area contributed by atoms with Gasteiger partial charge in [0.05, 0.1) is 4.90 Å². The second kappa shape index (κ2) is 12.8. The maximum atomic E-state index is 14.1. The molecule has 1 aliphatic rings. The second-order valence-electron chi connectivity index (χ2n) is 10.8. The molecule has 2 aromatic rings. The van der Waals surface area contributed by atoms with E-state index in [1.54, 1.807) is 59.1 Å². The van der Waals surface area contributed by atoms with Crippen LogP contribution in [0.3, 0.4) is 0 Å². The SMILES string of the molecule is Cc1ccc(S(=O)(=O)N(C(=O)C2CNCCN2)[C@@H](Cc2ccc(OC(=O)N(C)C)cc2)C(=O)OC(C)(C)C)cc1. The molecule has 11 nitrogen and oxygen atoms in total. The van der Waals surface area contributed by atoms with E-state index in [1.165, 1.54) is 29.2 Å². The first-order valence-electron chi connectivity index (χ1n) is 13.0. The second-order valence-corrected chi connectivity index (χ2v) is 12.6. The molecule has 0 bridgehead atoms. The zero-order valence-electron chi connectivity index (χ0n) is 23.8. The molecule has 0 saturated carbocycles. The van der Waals surface area contributed by atoms with Crippen LogP contribution in [0, 0.1) is 6.92 Å². The molecule has 218 valence electrons. The van der Waals surface area contributed by atoms with Crippen molar-refractivity contribution in [3.63, 3.8) is 0 Å². The number of ether oxygens (including phenoxy) is 2. The third-order valence-corrected chi connectivity index (χ3v) is 7.84. The molecule has 2 aromatic carbocycles. The van der Waals surface area contributed by atoms with Crippen molar-refractivity contribution in [1.29, 1.82) is 0 Å². The van der Waals surface area contributed by atoms with Crippen molar-refractivity contribution < 1.29 is 32.3 Å². The summed E-state index contributed by atoms with van der Waals surface area (Å²) in [4.78, 5) is 40.6. The summed E-state index contributed by atoms with van der Waals surface area (Å²) in [5.41, 5.74) is 0.438. The number of nitrogens with zero attached hydrogens (tertiary/aromatic N) is 2. The number of hydrogen-bond acceptors (Lipinski definition) is 9. The summed E-state index contributed by atoms with van der Waals surface area (Å²) in [6.07, 6.45) is -0.720. The molecule has 1 unspecified atom stereocenters. The van der Waals surface area contributed by atoms with Crippen LogP contribution in [-0.2, 0) is 30.8 Å². The summed E-state index contributed by atoms with van der Waals surface area (Å²) in [6, 6.07) is 10.0. The third-order valence-electron chi connectivity index (χ3n) is 6.02. The molecule has 1 aliphatic heterocycles. The van der Waals surface area contributed by atoms with Gasteiger partial charge in [0.2, 0.25) is 0 Å². The van der Waals surface area contributed by atoms with E-state index in [0.717, 1.165) is 5.56 Å². The monoisotopic (exact) mass is 574 g/mol. The Hall–Kier alpha value is -3.48. The van der Waals surface area contributed by atoms with E-state index >= 15 is 0 Å². The lowest BCUT2D eigenvalue weighted by molar-refractivity contribution is -0.162. The Bertz CT molecular complexity index is 1300. The average Bonchev–Trinajstić information content (AvgIpc) is 2.88. The van der Waals surface area contributed by atoms with Crippen molar-refractivity contribution in [1.82, 2.24) is 19.8 Å². The van der Waals surface area contributed by atoms with Crippen molar-refractivity contribution in [2.24, 2.45) is 0 Å². The number of nitrogens with one attached hydrogen (secondary N) is 2. The molecule has 12 heteroatoms. The molecule has 1 saturated heterocycles. The standard InChI is InChI=1S/C28H38N4O7S/c1-19-7-13-22(14-8-19)40(36,37)32(25(33)23-18-29-15-16-30-23)24(26(34)39-28(2,3)4)17-20-9-11-21(12-10-20)38-27(35)31(5)6/h7-14,23-24,29-30H,15-18H2,1-6H3/t23?,24-/m0/s1. The van der Waals surface area contributed by atoms with Crippen LogP contribution in [0.2, 0.25) is 0 Å². The van der Waals surface area contributed by atoms with Crippen LogP contribution in [0.4, 0.5) is 4.79 Å². The van der Waals surface area contributed by atoms with E-state index in [2.05, 4.69) is 10.6 Å². The topological polar surface area (TPSA) is 134 Å². The highest BCUT2D eigenvalue weighted by Gasteiger charge is 2.44. The highest BCUT2D eigenvalue weighted by molar-refractivity contribution is 7.89. The Labute approximate surface area is 235 Å². The molecule has 0 aliphatic carbocycles. The van der Waals surface area contributed by atoms with Gasteiger partial charge in [-0.05, 0) is 57.5 Å². The number of piperazine rings is 1. The van der Waals surface area contributed by atoms with E-state index in [-0.39, 0.29) is 23.6 Å². The van der Waals surface area contributed by atoms with Crippen molar-refractivity contribution in [3.05, 3.63) is 59.7 Å². The molecular weight excluding hydrogens is 536 g/mol. The van der Waals surface area contributed by atoms with E-state index in [0.29, 0.717) is 23.0 Å². The molecule has 2 atom stereocenters. The number of esters is 1. The van der Waals surface area contributed by atoms with Gasteiger partial charge in [0, 0.05) is 40.2 Å². The van der Waals surface area contributed by atoms with Crippen LogP contribution in [0.15, 0.2) is 53.4 Å². The number of sulfonamides is 1. The fraction of sp³-hybridized carbons (Fsp3) is 0.464. The minimum Gasteiger partial charge on any atom is -0.458 e. The first-order chi connectivity index (χ1) is 18.7. The van der Waals surface area contributed by atoms with Gasteiger partial charge in [-0.3, -0.25) is 4.79 Å². The highest BCUT2D eigenvalue weighted by Crippen LogP contribution is 2.26. The average molecular weight is 575 g/mol. The van der Waals surface area contributed by atoms with Crippen molar-refractivity contribution in [2.75, 3.05) is 33.7 Å². The van der Waals surface area contributed by atoms with Gasteiger partial charge in [0.15, 0.2) is 0 Å². The maximum absolute atomic E-state index is 14.1. The first-order valence-corrected chi connectivity index (χ1v) is 14.4. The summed E-state index contributed by atoms with van der Waals surface area (Å²) >= 11 is 0. The van der Waals surface area contributed by atoms with Gasteiger partial charge in [-0.1, -0.05) is 29.8 Å². The third kappa shape index (κ3) is 8.03. The highest BCUT2D eigenvalue weighted by atomic mass is 32.2. The summed E-state index contributed by atoms with van der Waals surface area (Å²) < 4.78 is 39.7. The summed E-state index contributed by atoms with van der Waals surface area (Å²) in [6.45, 7) is 8.11. The van der Waals surface area contributed by atoms with Crippen molar-refractivity contribution in [3.8, 4) is 5.75 Å². The molecule has 1 heterocycles. The zero-order chi connectivity index (χ0) is 29.7. The number of benzene rings is 2. The first kappa shape index (κ1) is 31.1. The minimum absolute atomic E-state index is 0.116. The Morgan fingerprint density at radius 3 is 2.15 bits per heavy atom. The number of carbonyl (C=O) groups is 3. The van der Waals surface area contributed by atoms with Crippen LogP contribution in [0.25, 0.3) is 0 Å². The molecule has 2 N–H and O–H groups in total. The van der Waals surface area contributed by atoms with Crippen molar-refractivity contribution in [2.45, 2.75) is 56.7 Å². The van der Waals surface area contributed by atoms with Gasteiger partial charge in [-0.15, -0.1) is 0 Å². The van der Waals surface area contributed by atoms with Crippen LogP contribution >= 0.6 is 0 Å². The lowest BCUT2D eigenvalue weighted by Gasteiger charge is -2.35. The molecule has 40 heavy (non-hydrogen) atoms. The maximum Gasteiger partial charge on any atom is 0.414 e. The van der Waals surface area contributed by atoms with Gasteiger partial charge >= 0.3 is 12.1 Å². The van der Waals surface area contributed by atoms with Gasteiger partial charge < -0.3 is 25.0 Å². The molecule has 2 amide bonds. The molecular formula is C28H38N4O7S. The van der Waals surface area contributed by atoms with Gasteiger partial charge in [0.25, 0.3) is 15.9 Å². The fourth-order valence-corrected chi connectivity index (χ4v) is 5.55. The zero-order valence-corrected chi connectivity index (χ0v) is 24.6. The van der Waals surface area contributed by atoms with Gasteiger partial charge in [-0.2, -0.15) is 0 Å². The molecule has 1 fully saturated rings. The van der Waals surface area contributed by atoms with E-state index in [1.807, 2.05) is 6.92 Å². The lowest BCUT2D eigenvalue weighted by atomic mass is 10.0. The predicted octanol–water partition coefficient (Wildman–Crippen LogP) is 2.09. The van der Waals surface area contributed by atoms with E-state index < -0.39 is 45.7 Å². The normalized spacial score (nSPS) is 16.5. The van der Waals surface area contributed by atoms with Crippen LogP contribution in [0.5, 0.6) is 5.75 Å². The lowest BCUT2D eigenvalue weighted by Crippen LogP contribution is -2.61. The number of rotatable bonds is 8. The fourth-order valence-electron chi connectivity index (χ4n) is 3.99. The molecule has 3 rings (SSSR count). The van der Waals surface area contributed by atoms with Gasteiger partial charge in [-0.25, -0.2) is 22.3 Å². The van der Waals surface area contributed by atoms with Crippen molar-refractivity contribution >= 4 is 28.0 Å². The summed E-state index contributed by atoms with van der Waals surface area (Å²) in [5, 5.41) is 6.14. The Kier molecular flexibility index (Phi) is 9.93. The number of carbonyl (C=O) groups excluding carboxylic acids is 3. The molecule has 0 radical (unpaired) electrons. The Balaban J connectivity index is 2.07. The minimum atomic E-state index is -4.48. The number of hydrogen-bond donors (Lipinski definition) is 2. The van der Waals surface area contributed by atoms with E-state index in [4.69, 9.17) is 9.47 Å². The number of aryl methyl sites for hydroxylation is 1. The van der Waals surface area contributed by atoms with Crippen LogP contribution < -0.4 is 15.4 Å². The van der Waals surface area contributed by atoms with Gasteiger partial charge in [0.1, 0.15) is 23.4 Å². The number of amides is 2. The predicted molar refractivity (Wildman–Crippen MR) is 149 cm³/mol. The quantitative estimate of drug-likeness (QED) is 0.455. The molecule has 0 aromatic heterocycles. The summed E-state index contributed by atoms with van der Waals surface area (Å²) in [5.74, 6) is -1.35. The Morgan fingerprint density at radius 1 is 1.00 bits per heavy atom. The summed E-state index contributed by atoms with van der Waals surface area (Å²) in [7, 11) is -1.37. The van der Waals surface area contributed by atoms with Crippen LogP contribution in [0.1, 0.15) is 31.9 Å².